The smallest absolute Gasteiger partial charge is 0.115 e. The van der Waals surface area contributed by atoms with E-state index in [1.165, 1.54) is 17.5 Å². The van der Waals surface area contributed by atoms with Gasteiger partial charge in [0.2, 0.25) is 0 Å². The van der Waals surface area contributed by atoms with Crippen molar-refractivity contribution in [1.29, 1.82) is 0 Å². The van der Waals surface area contributed by atoms with Crippen LogP contribution in [0.1, 0.15) is 30.9 Å². The van der Waals surface area contributed by atoms with E-state index in [1.54, 1.807) is 0 Å². The molecule has 2 bridgehead atoms. The lowest BCUT2D eigenvalue weighted by atomic mass is 9.63. The molecule has 4 unspecified atom stereocenters. The predicted octanol–water partition coefficient (Wildman–Crippen LogP) is 3.02. The van der Waals surface area contributed by atoms with Gasteiger partial charge in [0, 0.05) is 25.1 Å². The van der Waals surface area contributed by atoms with Gasteiger partial charge in [0.1, 0.15) is 5.75 Å². The van der Waals surface area contributed by atoms with Gasteiger partial charge in [0.05, 0.1) is 6.61 Å². The van der Waals surface area contributed by atoms with E-state index < -0.39 is 0 Å². The number of phenolic OH excluding ortho intramolecular Hbond substituents is 1. The molecule has 1 saturated heterocycles. The second-order valence-corrected chi connectivity index (χ2v) is 7.87. The summed E-state index contributed by atoms with van der Waals surface area (Å²) in [5.41, 5.74) is 3.16. The van der Waals surface area contributed by atoms with Crippen molar-refractivity contribution < 1.29 is 9.84 Å². The minimum Gasteiger partial charge on any atom is -0.508 e. The van der Waals surface area contributed by atoms with Gasteiger partial charge < -0.3 is 15.2 Å². The van der Waals surface area contributed by atoms with Crippen molar-refractivity contribution >= 4 is 0 Å². The van der Waals surface area contributed by atoms with Crippen LogP contribution in [0.2, 0.25) is 0 Å². The van der Waals surface area contributed by atoms with Crippen LogP contribution in [0.3, 0.4) is 0 Å². The van der Waals surface area contributed by atoms with Crippen molar-refractivity contribution in [2.75, 3.05) is 26.3 Å². The first kappa shape index (κ1) is 15.2. The quantitative estimate of drug-likeness (QED) is 0.663. The Morgan fingerprint density at radius 3 is 3.17 bits per heavy atom. The molecule has 2 fully saturated rings. The maximum absolute atomic E-state index is 10.0. The molecule has 1 saturated carbocycles. The normalized spacial score (nSPS) is 38.0. The maximum Gasteiger partial charge on any atom is 0.115 e. The zero-order valence-electron chi connectivity index (χ0n) is 14.0. The highest BCUT2D eigenvalue weighted by atomic mass is 16.5. The van der Waals surface area contributed by atoms with E-state index >= 15 is 0 Å². The molecule has 0 radical (unpaired) electrons. The van der Waals surface area contributed by atoms with Crippen LogP contribution in [0.5, 0.6) is 5.75 Å². The lowest BCUT2D eigenvalue weighted by molar-refractivity contribution is -0.00133. The molecule has 1 aliphatic heterocycles. The van der Waals surface area contributed by atoms with Crippen molar-refractivity contribution in [3.05, 3.63) is 42.0 Å². The van der Waals surface area contributed by atoms with Gasteiger partial charge in [-0.3, -0.25) is 0 Å². The van der Waals surface area contributed by atoms with Gasteiger partial charge in [0.25, 0.3) is 0 Å². The van der Waals surface area contributed by atoms with Crippen LogP contribution in [0.15, 0.2) is 30.9 Å². The zero-order chi connectivity index (χ0) is 16.1. The van der Waals surface area contributed by atoms with Crippen molar-refractivity contribution in [3.8, 4) is 5.75 Å². The molecule has 0 amide bonds. The Balaban J connectivity index is 1.80. The Morgan fingerprint density at radius 1 is 1.48 bits per heavy atom. The number of hydrogen-bond donors (Lipinski definition) is 2. The Morgan fingerprint density at radius 2 is 2.35 bits per heavy atom. The molecule has 23 heavy (non-hydrogen) atoms. The van der Waals surface area contributed by atoms with Crippen molar-refractivity contribution in [3.63, 3.8) is 0 Å². The molecule has 1 heterocycles. The number of nitrogens with one attached hydrogen (secondary N) is 1. The summed E-state index contributed by atoms with van der Waals surface area (Å²) in [5, 5.41) is 13.6. The first-order chi connectivity index (χ1) is 11.1. The first-order valence-electron chi connectivity index (χ1n) is 8.83. The Kier molecular flexibility index (Phi) is 3.54. The largest absolute Gasteiger partial charge is 0.508 e. The van der Waals surface area contributed by atoms with Gasteiger partial charge in [-0.2, -0.15) is 0 Å². The van der Waals surface area contributed by atoms with E-state index in [0.29, 0.717) is 23.0 Å². The number of ether oxygens (including phenoxy) is 1. The molecule has 1 aromatic rings. The van der Waals surface area contributed by atoms with Crippen LogP contribution in [0.25, 0.3) is 0 Å². The number of phenols is 1. The third kappa shape index (κ3) is 2.10. The fourth-order valence-electron chi connectivity index (χ4n) is 5.84. The van der Waals surface area contributed by atoms with Gasteiger partial charge in [-0.15, -0.1) is 6.58 Å². The summed E-state index contributed by atoms with van der Waals surface area (Å²) >= 11 is 0. The molecule has 3 heteroatoms. The molecule has 4 rings (SSSR count). The summed E-state index contributed by atoms with van der Waals surface area (Å²) in [5.74, 6) is 1.71. The highest BCUT2D eigenvalue weighted by Crippen LogP contribution is 2.65. The van der Waals surface area contributed by atoms with Crippen LogP contribution in [-0.2, 0) is 16.6 Å². The zero-order valence-corrected chi connectivity index (χ0v) is 14.0. The van der Waals surface area contributed by atoms with Crippen LogP contribution < -0.4 is 5.32 Å². The predicted molar refractivity (Wildman–Crippen MR) is 91.7 cm³/mol. The van der Waals surface area contributed by atoms with E-state index in [9.17, 15) is 5.11 Å². The summed E-state index contributed by atoms with van der Waals surface area (Å²) < 4.78 is 5.96. The average Bonchev–Trinajstić information content (AvgIpc) is 2.76. The monoisotopic (exact) mass is 313 g/mol. The van der Waals surface area contributed by atoms with Crippen LogP contribution >= 0.6 is 0 Å². The van der Waals surface area contributed by atoms with Gasteiger partial charge in [0.15, 0.2) is 0 Å². The Bertz CT molecular complexity index is 628. The van der Waals surface area contributed by atoms with Crippen LogP contribution in [0, 0.1) is 17.3 Å². The van der Waals surface area contributed by atoms with E-state index in [-0.39, 0.29) is 5.41 Å². The number of rotatable bonds is 4. The standard InChI is InChI=1S/C20H27NO2/c1-3-7-21-12-19-10-15-4-5-16(22)9-18(15)20(11-19)13-23-8-6-17(20)14(19)2/h3-5,9,14,17,21-22H,1,6-8,10-13H2,2H3. The van der Waals surface area contributed by atoms with Crippen LogP contribution in [-0.4, -0.2) is 31.4 Å². The third-order valence-corrected chi connectivity index (χ3v) is 6.82. The van der Waals surface area contributed by atoms with Crippen LogP contribution in [0.4, 0.5) is 0 Å². The molecule has 1 spiro atoms. The van der Waals surface area contributed by atoms with Gasteiger partial charge in [-0.05, 0) is 59.8 Å². The lowest BCUT2D eigenvalue weighted by Gasteiger charge is -2.44. The molecular formula is C20H27NO2. The number of hydrogen-bond acceptors (Lipinski definition) is 3. The first-order valence-corrected chi connectivity index (χ1v) is 8.83. The summed E-state index contributed by atoms with van der Waals surface area (Å²) in [6, 6.07) is 5.99. The average molecular weight is 313 g/mol. The van der Waals surface area contributed by atoms with Crippen molar-refractivity contribution in [2.45, 2.75) is 31.6 Å². The Labute approximate surface area is 138 Å². The third-order valence-electron chi connectivity index (χ3n) is 6.82. The van der Waals surface area contributed by atoms with Gasteiger partial charge in [-0.25, -0.2) is 0 Å². The number of aromatic hydroxyl groups is 1. The maximum atomic E-state index is 10.0. The van der Waals surface area contributed by atoms with E-state index in [1.807, 2.05) is 18.2 Å². The minimum atomic E-state index is 0.0971. The van der Waals surface area contributed by atoms with Gasteiger partial charge >= 0.3 is 0 Å². The molecule has 2 N–H and O–H groups in total. The SMILES string of the molecule is C=CCNCC12Cc3ccc(O)cc3C3(COCCC3C1C)C2. The molecule has 4 atom stereocenters. The van der Waals surface area contributed by atoms with Crippen molar-refractivity contribution in [2.24, 2.45) is 17.3 Å². The highest BCUT2D eigenvalue weighted by molar-refractivity contribution is 5.47. The molecular weight excluding hydrogens is 286 g/mol. The molecule has 1 aromatic carbocycles. The number of fused-ring (bicyclic) bond motifs is 2. The fourth-order valence-corrected chi connectivity index (χ4v) is 5.84. The van der Waals surface area contributed by atoms with Gasteiger partial charge in [-0.1, -0.05) is 19.1 Å². The second kappa shape index (κ2) is 5.35. The summed E-state index contributed by atoms with van der Waals surface area (Å²) in [4.78, 5) is 0. The Hall–Kier alpha value is -1.32. The van der Waals surface area contributed by atoms with E-state index in [0.717, 1.165) is 39.1 Å². The molecule has 0 aromatic heterocycles. The molecule has 124 valence electrons. The fraction of sp³-hybridized carbons (Fsp3) is 0.600. The highest BCUT2D eigenvalue weighted by Gasteiger charge is 2.63. The summed E-state index contributed by atoms with van der Waals surface area (Å²) in [7, 11) is 0. The van der Waals surface area contributed by atoms with E-state index in [4.69, 9.17) is 4.74 Å². The topological polar surface area (TPSA) is 41.5 Å². The minimum absolute atomic E-state index is 0.0971. The molecule has 2 aliphatic carbocycles. The lowest BCUT2D eigenvalue weighted by Crippen LogP contribution is -2.45. The van der Waals surface area contributed by atoms with E-state index in [2.05, 4.69) is 24.9 Å². The summed E-state index contributed by atoms with van der Waals surface area (Å²) in [6.07, 6.45) is 5.36. The molecule has 3 nitrogen and oxygen atoms in total. The number of benzene rings is 1. The molecule has 3 aliphatic rings. The van der Waals surface area contributed by atoms with Crippen molar-refractivity contribution in [1.82, 2.24) is 5.32 Å². The summed E-state index contributed by atoms with van der Waals surface area (Å²) in [6.45, 7) is 9.86. The second-order valence-electron chi connectivity index (χ2n) is 7.87.